The molecule has 3 aromatic rings. The largest absolute Gasteiger partial charge is 0.331 e. The minimum Gasteiger partial charge on any atom is -0.331 e. The molecule has 0 spiro atoms. The Hall–Kier alpha value is -1.91. The Kier molecular flexibility index (Phi) is 3.20. The van der Waals surface area contributed by atoms with Crippen LogP contribution in [0.25, 0.3) is 16.6 Å². The fourth-order valence-corrected chi connectivity index (χ4v) is 2.63. The second-order valence-electron chi connectivity index (χ2n) is 4.54. The summed E-state index contributed by atoms with van der Waals surface area (Å²) in [4.78, 5) is 15.8. The van der Waals surface area contributed by atoms with Crippen molar-refractivity contribution in [1.29, 1.82) is 0 Å². The lowest BCUT2D eigenvalue weighted by Crippen LogP contribution is -2.20. The van der Waals surface area contributed by atoms with Gasteiger partial charge in [-0.3, -0.25) is 9.36 Å². The first-order valence-corrected chi connectivity index (χ1v) is 6.87. The number of H-pyrrole nitrogens is 1. The fourth-order valence-electron chi connectivity index (χ4n) is 2.21. The second-order valence-corrected chi connectivity index (χ2v) is 5.37. The van der Waals surface area contributed by atoms with Gasteiger partial charge in [-0.25, -0.2) is 0 Å². The minimum absolute atomic E-state index is 0.130. The van der Waals surface area contributed by atoms with Crippen LogP contribution in [-0.2, 0) is 0 Å². The van der Waals surface area contributed by atoms with Gasteiger partial charge in [0.2, 0.25) is 0 Å². The summed E-state index contributed by atoms with van der Waals surface area (Å²) < 4.78 is 1.85. The molecule has 0 saturated carbocycles. The standard InChI is InChI=1S/C15H11ClN2OS/c1-9-3-2-4-12-13(9)17-15(20)18(14(12)19)11-7-5-10(16)6-8-11/h2-8H,1H3,(H,17,20). The van der Waals surface area contributed by atoms with Crippen molar-refractivity contribution in [2.45, 2.75) is 6.92 Å². The van der Waals surface area contributed by atoms with E-state index in [1.807, 2.05) is 19.1 Å². The van der Waals surface area contributed by atoms with Crippen LogP contribution in [0.3, 0.4) is 0 Å². The summed E-state index contributed by atoms with van der Waals surface area (Å²) in [5.41, 5.74) is 2.35. The Bertz CT molecular complexity index is 910. The van der Waals surface area contributed by atoms with Crippen molar-refractivity contribution in [3.63, 3.8) is 0 Å². The molecule has 0 amide bonds. The third-order valence-corrected chi connectivity index (χ3v) is 3.76. The summed E-state index contributed by atoms with van der Waals surface area (Å²) in [6.45, 7) is 1.94. The van der Waals surface area contributed by atoms with Gasteiger partial charge in [0.25, 0.3) is 5.56 Å². The van der Waals surface area contributed by atoms with E-state index in [9.17, 15) is 4.79 Å². The Morgan fingerprint density at radius 1 is 1.15 bits per heavy atom. The zero-order chi connectivity index (χ0) is 14.3. The summed E-state index contributed by atoms with van der Waals surface area (Å²) in [7, 11) is 0. The third kappa shape index (κ3) is 2.07. The number of hydrogen-bond acceptors (Lipinski definition) is 2. The zero-order valence-electron chi connectivity index (χ0n) is 10.7. The molecule has 0 radical (unpaired) electrons. The SMILES string of the molecule is Cc1cccc2c(=O)n(-c3ccc(Cl)cc3)c(=S)[nH]c12. The number of nitrogens with one attached hydrogen (secondary N) is 1. The van der Waals surface area contributed by atoms with E-state index in [0.29, 0.717) is 20.9 Å². The van der Waals surface area contributed by atoms with Gasteiger partial charge in [0.1, 0.15) is 0 Å². The van der Waals surface area contributed by atoms with E-state index in [1.54, 1.807) is 30.3 Å². The lowest BCUT2D eigenvalue weighted by molar-refractivity contribution is 0.939. The Labute approximate surface area is 125 Å². The minimum atomic E-state index is -0.130. The summed E-state index contributed by atoms with van der Waals surface area (Å²) in [6.07, 6.45) is 0. The highest BCUT2D eigenvalue weighted by Crippen LogP contribution is 2.16. The van der Waals surface area contributed by atoms with Crippen molar-refractivity contribution >= 4 is 34.7 Å². The van der Waals surface area contributed by atoms with Gasteiger partial charge in [-0.1, -0.05) is 23.7 Å². The van der Waals surface area contributed by atoms with E-state index in [2.05, 4.69) is 4.98 Å². The molecular weight excluding hydrogens is 292 g/mol. The van der Waals surface area contributed by atoms with Gasteiger partial charge in [-0.15, -0.1) is 0 Å². The molecule has 0 aliphatic rings. The molecule has 1 aromatic heterocycles. The van der Waals surface area contributed by atoms with Crippen LogP contribution in [0.2, 0.25) is 5.02 Å². The predicted octanol–water partition coefficient (Wildman–Crippen LogP) is 4.01. The van der Waals surface area contributed by atoms with Gasteiger partial charge >= 0.3 is 0 Å². The van der Waals surface area contributed by atoms with Crippen LogP contribution in [0.5, 0.6) is 0 Å². The topological polar surface area (TPSA) is 37.8 Å². The lowest BCUT2D eigenvalue weighted by atomic mass is 10.1. The van der Waals surface area contributed by atoms with Crippen LogP contribution >= 0.6 is 23.8 Å². The van der Waals surface area contributed by atoms with E-state index in [-0.39, 0.29) is 5.56 Å². The molecule has 0 atom stereocenters. The van der Waals surface area contributed by atoms with Crippen LogP contribution in [-0.4, -0.2) is 9.55 Å². The van der Waals surface area contributed by atoms with Gasteiger partial charge in [-0.2, -0.15) is 0 Å². The highest BCUT2D eigenvalue weighted by Gasteiger charge is 2.08. The molecule has 0 unspecified atom stereocenters. The normalized spacial score (nSPS) is 10.9. The second kappa shape index (κ2) is 4.89. The van der Waals surface area contributed by atoms with Gasteiger partial charge in [0.05, 0.1) is 16.6 Å². The number of fused-ring (bicyclic) bond motifs is 1. The molecule has 5 heteroatoms. The molecule has 1 N–H and O–H groups in total. The Morgan fingerprint density at radius 3 is 2.55 bits per heavy atom. The van der Waals surface area contributed by atoms with Crippen LogP contribution in [0, 0.1) is 11.7 Å². The third-order valence-electron chi connectivity index (χ3n) is 3.23. The predicted molar refractivity (Wildman–Crippen MR) is 84.5 cm³/mol. The smallest absolute Gasteiger partial charge is 0.266 e. The van der Waals surface area contributed by atoms with Gasteiger partial charge in [-0.05, 0) is 55.0 Å². The molecule has 100 valence electrons. The van der Waals surface area contributed by atoms with Crippen LogP contribution in [0.1, 0.15) is 5.56 Å². The molecule has 3 nitrogen and oxygen atoms in total. The van der Waals surface area contributed by atoms with Crippen LogP contribution in [0.15, 0.2) is 47.3 Å². The monoisotopic (exact) mass is 302 g/mol. The van der Waals surface area contributed by atoms with Gasteiger partial charge < -0.3 is 4.98 Å². The number of aromatic amines is 1. The molecular formula is C15H11ClN2OS. The molecule has 0 bridgehead atoms. The summed E-state index contributed by atoms with van der Waals surface area (Å²) in [6, 6.07) is 12.6. The number of aromatic nitrogens is 2. The summed E-state index contributed by atoms with van der Waals surface area (Å²) in [5.74, 6) is 0. The molecule has 1 heterocycles. The lowest BCUT2D eigenvalue weighted by Gasteiger charge is -2.09. The maximum atomic E-state index is 12.6. The first-order chi connectivity index (χ1) is 9.58. The number of benzene rings is 2. The molecule has 2 aromatic carbocycles. The quantitative estimate of drug-likeness (QED) is 0.690. The highest BCUT2D eigenvalue weighted by molar-refractivity contribution is 7.71. The van der Waals surface area contributed by atoms with Gasteiger partial charge in [0.15, 0.2) is 4.77 Å². The number of aryl methyl sites for hydroxylation is 1. The van der Waals surface area contributed by atoms with Crippen LogP contribution < -0.4 is 5.56 Å². The number of nitrogens with zero attached hydrogens (tertiary/aromatic N) is 1. The molecule has 0 aliphatic carbocycles. The first kappa shape index (κ1) is 13.1. The number of hydrogen-bond donors (Lipinski definition) is 1. The molecule has 0 fully saturated rings. The molecule has 20 heavy (non-hydrogen) atoms. The van der Waals surface area contributed by atoms with E-state index < -0.39 is 0 Å². The summed E-state index contributed by atoms with van der Waals surface area (Å²) >= 11 is 11.2. The summed E-state index contributed by atoms with van der Waals surface area (Å²) in [5, 5.41) is 1.24. The van der Waals surface area contributed by atoms with Crippen LogP contribution in [0.4, 0.5) is 0 Å². The zero-order valence-corrected chi connectivity index (χ0v) is 12.3. The molecule has 3 rings (SSSR count). The highest BCUT2D eigenvalue weighted by atomic mass is 35.5. The average molecular weight is 303 g/mol. The van der Waals surface area contributed by atoms with Crippen molar-refractivity contribution in [3.05, 3.63) is 68.2 Å². The fraction of sp³-hybridized carbons (Fsp3) is 0.0667. The average Bonchev–Trinajstić information content (AvgIpc) is 2.42. The maximum Gasteiger partial charge on any atom is 0.266 e. The Balaban J connectivity index is 2.41. The van der Waals surface area contributed by atoms with Crippen molar-refractivity contribution in [2.75, 3.05) is 0 Å². The van der Waals surface area contributed by atoms with E-state index in [0.717, 1.165) is 11.1 Å². The van der Waals surface area contributed by atoms with Gasteiger partial charge in [0, 0.05) is 5.02 Å². The molecule has 0 saturated heterocycles. The number of rotatable bonds is 1. The van der Waals surface area contributed by atoms with E-state index in [1.165, 1.54) is 4.57 Å². The number of para-hydroxylation sites is 1. The van der Waals surface area contributed by atoms with Crippen molar-refractivity contribution < 1.29 is 0 Å². The first-order valence-electron chi connectivity index (χ1n) is 6.08. The molecule has 0 aliphatic heterocycles. The van der Waals surface area contributed by atoms with E-state index >= 15 is 0 Å². The van der Waals surface area contributed by atoms with Crippen molar-refractivity contribution in [3.8, 4) is 5.69 Å². The Morgan fingerprint density at radius 2 is 1.85 bits per heavy atom. The maximum absolute atomic E-state index is 12.6. The van der Waals surface area contributed by atoms with Crippen molar-refractivity contribution in [1.82, 2.24) is 9.55 Å². The van der Waals surface area contributed by atoms with Crippen molar-refractivity contribution in [2.24, 2.45) is 0 Å². The number of halogens is 1. The van der Waals surface area contributed by atoms with E-state index in [4.69, 9.17) is 23.8 Å².